The standard InChI is InChI=1S/C24H30N2O5S/c1-3-30-21-10-11-23(31-4-2)22(18-21)25-24(27)20-12-15-26(16-13-20)32(28,29)17-14-19-8-6-5-7-9-19/h5-11,14,17-18,20H,3-4,12-13,15-16H2,1-2H3,(H,25,27)/b17-14+. The Labute approximate surface area is 190 Å². The van der Waals surface area contributed by atoms with E-state index >= 15 is 0 Å². The number of nitrogens with zero attached hydrogens (tertiary/aromatic N) is 1. The molecule has 0 atom stereocenters. The second kappa shape index (κ2) is 11.2. The monoisotopic (exact) mass is 458 g/mol. The first-order valence-corrected chi connectivity index (χ1v) is 12.4. The Hall–Kier alpha value is -2.84. The summed E-state index contributed by atoms with van der Waals surface area (Å²) in [5.74, 6) is 0.814. The second-order valence-corrected chi connectivity index (χ2v) is 9.26. The average Bonchev–Trinajstić information content (AvgIpc) is 2.80. The van der Waals surface area contributed by atoms with E-state index in [1.165, 1.54) is 9.71 Å². The van der Waals surface area contributed by atoms with Crippen LogP contribution in [0.4, 0.5) is 5.69 Å². The van der Waals surface area contributed by atoms with Crippen molar-refractivity contribution in [1.29, 1.82) is 0 Å². The lowest BCUT2D eigenvalue weighted by Gasteiger charge is -2.29. The fourth-order valence-corrected chi connectivity index (χ4v) is 4.79. The van der Waals surface area contributed by atoms with E-state index < -0.39 is 10.0 Å². The first kappa shape index (κ1) is 23.8. The van der Waals surface area contributed by atoms with E-state index in [0.717, 1.165) is 5.56 Å². The molecule has 8 heteroatoms. The predicted octanol–water partition coefficient (Wildman–Crippen LogP) is 4.14. The number of carbonyl (C=O) groups excluding carboxylic acids is 1. The van der Waals surface area contributed by atoms with Gasteiger partial charge in [-0.3, -0.25) is 4.79 Å². The minimum absolute atomic E-state index is 0.142. The van der Waals surface area contributed by atoms with Gasteiger partial charge in [-0.1, -0.05) is 30.3 Å². The quantitative estimate of drug-likeness (QED) is 0.611. The van der Waals surface area contributed by atoms with Crippen LogP contribution in [0.3, 0.4) is 0 Å². The molecule has 1 fully saturated rings. The van der Waals surface area contributed by atoms with Crippen LogP contribution in [0, 0.1) is 5.92 Å². The minimum atomic E-state index is -3.53. The summed E-state index contributed by atoms with van der Waals surface area (Å²) in [6.45, 7) is 5.38. The molecule has 3 rings (SSSR count). The van der Waals surface area contributed by atoms with Crippen LogP contribution in [-0.2, 0) is 14.8 Å². The van der Waals surface area contributed by atoms with Gasteiger partial charge < -0.3 is 14.8 Å². The highest BCUT2D eigenvalue weighted by atomic mass is 32.2. The molecule has 2 aromatic carbocycles. The summed E-state index contributed by atoms with van der Waals surface area (Å²) < 4.78 is 37.9. The summed E-state index contributed by atoms with van der Waals surface area (Å²) >= 11 is 0. The van der Waals surface area contributed by atoms with Crippen LogP contribution in [-0.4, -0.2) is 44.9 Å². The van der Waals surface area contributed by atoms with Gasteiger partial charge in [0.1, 0.15) is 11.5 Å². The summed E-state index contributed by atoms with van der Waals surface area (Å²) in [7, 11) is -3.53. The highest BCUT2D eigenvalue weighted by Crippen LogP contribution is 2.31. The van der Waals surface area contributed by atoms with Gasteiger partial charge in [-0.15, -0.1) is 0 Å². The van der Waals surface area contributed by atoms with Crippen molar-refractivity contribution in [2.24, 2.45) is 5.92 Å². The Morgan fingerprint density at radius 2 is 1.75 bits per heavy atom. The van der Waals surface area contributed by atoms with Crippen LogP contribution >= 0.6 is 0 Å². The number of hydrogen-bond donors (Lipinski definition) is 1. The van der Waals surface area contributed by atoms with Crippen LogP contribution in [0.2, 0.25) is 0 Å². The summed E-state index contributed by atoms with van der Waals surface area (Å²) in [5.41, 5.74) is 1.38. The number of rotatable bonds is 9. The molecular weight excluding hydrogens is 428 g/mol. The Morgan fingerprint density at radius 3 is 2.41 bits per heavy atom. The Bertz CT molecular complexity index is 1030. The van der Waals surface area contributed by atoms with Crippen molar-refractivity contribution in [3.05, 3.63) is 59.5 Å². The molecule has 172 valence electrons. The van der Waals surface area contributed by atoms with Gasteiger partial charge in [0, 0.05) is 30.5 Å². The van der Waals surface area contributed by atoms with E-state index in [2.05, 4.69) is 5.32 Å². The van der Waals surface area contributed by atoms with Gasteiger partial charge in [0.2, 0.25) is 15.9 Å². The molecule has 1 saturated heterocycles. The fourth-order valence-electron chi connectivity index (χ4n) is 3.57. The third kappa shape index (κ3) is 6.34. The lowest BCUT2D eigenvalue weighted by atomic mass is 9.97. The summed E-state index contributed by atoms with van der Waals surface area (Å²) in [4.78, 5) is 12.9. The van der Waals surface area contributed by atoms with Crippen molar-refractivity contribution in [3.8, 4) is 11.5 Å². The number of benzene rings is 2. The van der Waals surface area contributed by atoms with Crippen molar-refractivity contribution in [2.45, 2.75) is 26.7 Å². The van der Waals surface area contributed by atoms with Crippen LogP contribution < -0.4 is 14.8 Å². The van der Waals surface area contributed by atoms with E-state index in [-0.39, 0.29) is 11.8 Å². The Morgan fingerprint density at radius 1 is 1.06 bits per heavy atom. The molecule has 7 nitrogen and oxygen atoms in total. The first-order chi connectivity index (χ1) is 15.4. The molecule has 0 unspecified atom stereocenters. The van der Waals surface area contributed by atoms with Crippen LogP contribution in [0.25, 0.3) is 6.08 Å². The number of ether oxygens (including phenoxy) is 2. The number of nitrogens with one attached hydrogen (secondary N) is 1. The van der Waals surface area contributed by atoms with Gasteiger partial charge in [-0.2, -0.15) is 4.31 Å². The third-order valence-corrected chi connectivity index (χ3v) is 6.80. The Kier molecular flexibility index (Phi) is 8.30. The second-order valence-electron chi connectivity index (χ2n) is 7.44. The lowest BCUT2D eigenvalue weighted by molar-refractivity contribution is -0.120. The van der Waals surface area contributed by atoms with E-state index in [0.29, 0.717) is 56.3 Å². The maximum atomic E-state index is 12.9. The largest absolute Gasteiger partial charge is 0.494 e. The molecule has 1 amide bonds. The van der Waals surface area contributed by atoms with Gasteiger partial charge >= 0.3 is 0 Å². The fraction of sp³-hybridized carbons (Fsp3) is 0.375. The van der Waals surface area contributed by atoms with Crippen molar-refractivity contribution in [3.63, 3.8) is 0 Å². The molecule has 0 saturated carbocycles. The highest BCUT2D eigenvalue weighted by Gasteiger charge is 2.30. The van der Waals surface area contributed by atoms with Crippen LogP contribution in [0.1, 0.15) is 32.3 Å². The van der Waals surface area contributed by atoms with Gasteiger partial charge in [0.05, 0.1) is 18.9 Å². The van der Waals surface area contributed by atoms with Crippen LogP contribution in [0.5, 0.6) is 11.5 Å². The molecule has 2 aromatic rings. The molecule has 0 spiro atoms. The van der Waals surface area contributed by atoms with Gasteiger partial charge in [-0.25, -0.2) is 8.42 Å². The smallest absolute Gasteiger partial charge is 0.236 e. The number of hydrogen-bond acceptors (Lipinski definition) is 5. The normalized spacial score (nSPS) is 15.6. The maximum absolute atomic E-state index is 12.9. The SMILES string of the molecule is CCOc1ccc(OCC)c(NC(=O)C2CCN(S(=O)(=O)/C=C/c3ccccc3)CC2)c1. The highest BCUT2D eigenvalue weighted by molar-refractivity contribution is 7.92. The van der Waals surface area contributed by atoms with Gasteiger partial charge in [0.25, 0.3) is 0 Å². The summed E-state index contributed by atoms with van der Waals surface area (Å²) in [6, 6.07) is 14.6. The molecular formula is C24H30N2O5S. The molecule has 1 heterocycles. The van der Waals surface area contributed by atoms with Crippen molar-refractivity contribution < 1.29 is 22.7 Å². The molecule has 0 aliphatic carbocycles. The number of sulfonamides is 1. The van der Waals surface area contributed by atoms with Crippen LogP contribution in [0.15, 0.2) is 53.9 Å². The van der Waals surface area contributed by atoms with E-state index in [4.69, 9.17) is 9.47 Å². The van der Waals surface area contributed by atoms with Crippen molar-refractivity contribution in [1.82, 2.24) is 4.31 Å². The summed E-state index contributed by atoms with van der Waals surface area (Å²) in [6.07, 6.45) is 2.51. The number of carbonyl (C=O) groups is 1. The van der Waals surface area contributed by atoms with Gasteiger partial charge in [-0.05, 0) is 50.5 Å². The number of amides is 1. The average molecular weight is 459 g/mol. The zero-order valence-corrected chi connectivity index (χ0v) is 19.3. The molecule has 0 bridgehead atoms. The minimum Gasteiger partial charge on any atom is -0.494 e. The molecule has 1 aliphatic heterocycles. The zero-order valence-electron chi connectivity index (χ0n) is 18.5. The lowest BCUT2D eigenvalue weighted by Crippen LogP contribution is -2.40. The van der Waals surface area contributed by atoms with E-state index in [1.54, 1.807) is 24.3 Å². The maximum Gasteiger partial charge on any atom is 0.236 e. The Balaban J connectivity index is 1.61. The van der Waals surface area contributed by atoms with Crippen molar-refractivity contribution in [2.75, 3.05) is 31.6 Å². The molecule has 1 N–H and O–H groups in total. The number of anilines is 1. The van der Waals surface area contributed by atoms with Gasteiger partial charge in [0.15, 0.2) is 0 Å². The summed E-state index contributed by atoms with van der Waals surface area (Å²) in [5, 5.41) is 4.17. The first-order valence-electron chi connectivity index (χ1n) is 10.9. The molecule has 0 radical (unpaired) electrons. The van der Waals surface area contributed by atoms with E-state index in [9.17, 15) is 13.2 Å². The topological polar surface area (TPSA) is 84.9 Å². The molecule has 1 aliphatic rings. The van der Waals surface area contributed by atoms with E-state index in [1.807, 2.05) is 44.2 Å². The third-order valence-electron chi connectivity index (χ3n) is 5.24. The zero-order chi connectivity index (χ0) is 23.0. The number of piperidine rings is 1. The predicted molar refractivity (Wildman–Crippen MR) is 126 cm³/mol. The van der Waals surface area contributed by atoms with Crippen molar-refractivity contribution >= 4 is 27.7 Å². The molecule has 0 aromatic heterocycles. The molecule has 32 heavy (non-hydrogen) atoms.